The fourth-order valence-electron chi connectivity index (χ4n) is 2.37. The minimum absolute atomic E-state index is 0.0548. The second-order valence-corrected chi connectivity index (χ2v) is 6.32. The van der Waals surface area contributed by atoms with Crippen LogP contribution in [-0.2, 0) is 6.42 Å². The monoisotopic (exact) mass is 374 g/mol. The van der Waals surface area contributed by atoms with E-state index in [4.69, 9.17) is 27.9 Å². The van der Waals surface area contributed by atoms with Gasteiger partial charge in [0.2, 0.25) is 0 Å². The summed E-state index contributed by atoms with van der Waals surface area (Å²) in [6.07, 6.45) is 0.849. The largest absolute Gasteiger partial charge is 0.493 e. The molecule has 5 heteroatoms. The second-order valence-electron chi connectivity index (χ2n) is 4.59. The summed E-state index contributed by atoms with van der Waals surface area (Å²) in [5.41, 5.74) is 2.46. The zero-order chi connectivity index (χ0) is 14.3. The lowest BCUT2D eigenvalue weighted by molar-refractivity contribution is 0.353. The van der Waals surface area contributed by atoms with Gasteiger partial charge in [-0.05, 0) is 29.3 Å². The van der Waals surface area contributed by atoms with Crippen molar-refractivity contribution in [1.29, 1.82) is 0 Å². The van der Waals surface area contributed by atoms with Gasteiger partial charge >= 0.3 is 0 Å². The van der Waals surface area contributed by atoms with Gasteiger partial charge in [-0.2, -0.15) is 0 Å². The lowest BCUT2D eigenvalue weighted by Gasteiger charge is -2.16. The van der Waals surface area contributed by atoms with Crippen molar-refractivity contribution >= 4 is 39.1 Å². The van der Waals surface area contributed by atoms with Crippen molar-refractivity contribution in [1.82, 2.24) is 0 Å². The Kier molecular flexibility index (Phi) is 3.93. The van der Waals surface area contributed by atoms with Crippen molar-refractivity contribution < 1.29 is 9.13 Å². The number of fused-ring (bicyclic) bond motifs is 1. The minimum atomic E-state index is -0.553. The molecule has 1 aliphatic heterocycles. The molecular formula is C15H10BrCl2FO. The molecule has 0 saturated carbocycles. The highest BCUT2D eigenvalue weighted by atomic mass is 79.9. The number of hydrogen-bond donors (Lipinski definition) is 0. The highest BCUT2D eigenvalue weighted by Crippen LogP contribution is 2.43. The Morgan fingerprint density at radius 3 is 2.85 bits per heavy atom. The zero-order valence-electron chi connectivity index (χ0n) is 10.3. The first-order valence-corrected chi connectivity index (χ1v) is 7.71. The number of hydrogen-bond acceptors (Lipinski definition) is 1. The third-order valence-electron chi connectivity index (χ3n) is 3.30. The van der Waals surface area contributed by atoms with Crippen molar-refractivity contribution in [2.24, 2.45) is 0 Å². The van der Waals surface area contributed by atoms with Gasteiger partial charge in [0.1, 0.15) is 11.6 Å². The van der Waals surface area contributed by atoms with Crippen LogP contribution in [0.1, 0.15) is 22.1 Å². The molecule has 0 fully saturated rings. The van der Waals surface area contributed by atoms with Crippen LogP contribution in [0.25, 0.3) is 0 Å². The molecule has 0 aromatic heterocycles. The molecule has 104 valence electrons. The fraction of sp³-hybridized carbons (Fsp3) is 0.200. The van der Waals surface area contributed by atoms with Crippen LogP contribution in [0.5, 0.6) is 5.75 Å². The summed E-state index contributed by atoms with van der Waals surface area (Å²) in [5.74, 6) is 0.316. The van der Waals surface area contributed by atoms with E-state index in [0.29, 0.717) is 12.2 Å². The van der Waals surface area contributed by atoms with Gasteiger partial charge in [-0.25, -0.2) is 4.39 Å². The molecule has 1 aliphatic rings. The van der Waals surface area contributed by atoms with Gasteiger partial charge in [0.05, 0.1) is 17.0 Å². The molecular weight excluding hydrogens is 366 g/mol. The average molecular weight is 376 g/mol. The van der Waals surface area contributed by atoms with E-state index in [0.717, 1.165) is 27.8 Å². The van der Waals surface area contributed by atoms with Gasteiger partial charge in [-0.1, -0.05) is 39.7 Å². The van der Waals surface area contributed by atoms with E-state index < -0.39 is 11.2 Å². The van der Waals surface area contributed by atoms with Crippen LogP contribution in [0.4, 0.5) is 4.39 Å². The molecule has 0 radical (unpaired) electrons. The van der Waals surface area contributed by atoms with E-state index in [9.17, 15) is 4.39 Å². The SMILES string of the molecule is Fc1cccc(C(Cl)c2cc(Br)cc3c2OCC3)c1Cl. The van der Waals surface area contributed by atoms with Crippen molar-refractivity contribution in [3.05, 3.63) is 62.3 Å². The summed E-state index contributed by atoms with van der Waals surface area (Å²) in [6, 6.07) is 8.55. The molecule has 2 aromatic rings. The Balaban J connectivity index is 2.11. The number of ether oxygens (including phenoxy) is 1. The first-order chi connectivity index (χ1) is 9.58. The van der Waals surface area contributed by atoms with Gasteiger partial charge in [-0.15, -0.1) is 11.6 Å². The lowest BCUT2D eigenvalue weighted by atomic mass is 10.0. The van der Waals surface area contributed by atoms with Crippen LogP contribution in [-0.4, -0.2) is 6.61 Å². The average Bonchev–Trinajstić information content (AvgIpc) is 2.88. The maximum absolute atomic E-state index is 13.6. The Hall–Kier alpha value is -0.770. The van der Waals surface area contributed by atoms with E-state index in [-0.39, 0.29) is 5.02 Å². The zero-order valence-corrected chi connectivity index (χ0v) is 13.4. The lowest BCUT2D eigenvalue weighted by Crippen LogP contribution is -1.99. The number of benzene rings is 2. The van der Waals surface area contributed by atoms with Gasteiger partial charge in [0.25, 0.3) is 0 Å². The molecule has 2 aromatic carbocycles. The van der Waals surface area contributed by atoms with Crippen LogP contribution in [0.3, 0.4) is 0 Å². The summed E-state index contributed by atoms with van der Waals surface area (Å²) < 4.78 is 20.2. The Morgan fingerprint density at radius 1 is 1.25 bits per heavy atom. The maximum Gasteiger partial charge on any atom is 0.142 e. The summed E-state index contributed by atoms with van der Waals surface area (Å²) >= 11 is 16.0. The topological polar surface area (TPSA) is 9.23 Å². The smallest absolute Gasteiger partial charge is 0.142 e. The molecule has 0 amide bonds. The normalized spacial score (nSPS) is 14.8. The van der Waals surface area contributed by atoms with Crippen molar-refractivity contribution in [2.75, 3.05) is 6.61 Å². The molecule has 1 heterocycles. The van der Waals surface area contributed by atoms with E-state index in [1.54, 1.807) is 12.1 Å². The molecule has 0 N–H and O–H groups in total. The summed E-state index contributed by atoms with van der Waals surface area (Å²) in [5, 5.41) is -0.498. The number of halogens is 4. The van der Waals surface area contributed by atoms with Crippen LogP contribution in [0.15, 0.2) is 34.8 Å². The Bertz CT molecular complexity index is 675. The fourth-order valence-corrected chi connectivity index (χ4v) is 3.53. The van der Waals surface area contributed by atoms with Gasteiger partial charge in [0, 0.05) is 16.5 Å². The molecule has 20 heavy (non-hydrogen) atoms. The van der Waals surface area contributed by atoms with E-state index >= 15 is 0 Å². The third-order valence-corrected chi connectivity index (χ3v) is 4.63. The molecule has 0 saturated heterocycles. The van der Waals surface area contributed by atoms with Crippen LogP contribution in [0, 0.1) is 5.82 Å². The predicted octanol–water partition coefficient (Wildman–Crippen LogP) is 5.50. The number of alkyl halides is 1. The van der Waals surface area contributed by atoms with Crippen LogP contribution in [0.2, 0.25) is 5.02 Å². The van der Waals surface area contributed by atoms with Crippen molar-refractivity contribution in [3.63, 3.8) is 0 Å². The van der Waals surface area contributed by atoms with Crippen LogP contribution < -0.4 is 4.74 Å². The summed E-state index contributed by atoms with van der Waals surface area (Å²) in [7, 11) is 0. The third kappa shape index (κ3) is 2.43. The molecule has 1 atom stereocenters. The standard InChI is InChI=1S/C15H10BrCl2FO/c16-9-6-8-4-5-20-15(8)11(7-9)13(17)10-2-1-3-12(19)14(10)18/h1-3,6-7,13H,4-5H2. The second kappa shape index (κ2) is 5.55. The maximum atomic E-state index is 13.6. The van der Waals surface area contributed by atoms with Gasteiger partial charge in [-0.3, -0.25) is 0 Å². The van der Waals surface area contributed by atoms with E-state index in [1.807, 2.05) is 12.1 Å². The molecule has 1 unspecified atom stereocenters. The Morgan fingerprint density at radius 2 is 2.05 bits per heavy atom. The first-order valence-electron chi connectivity index (χ1n) is 6.11. The van der Waals surface area contributed by atoms with Crippen LogP contribution >= 0.6 is 39.1 Å². The highest BCUT2D eigenvalue weighted by Gasteiger charge is 2.25. The van der Waals surface area contributed by atoms with Gasteiger partial charge in [0.15, 0.2) is 0 Å². The first kappa shape index (κ1) is 14.2. The van der Waals surface area contributed by atoms with Crippen molar-refractivity contribution in [2.45, 2.75) is 11.8 Å². The molecule has 3 rings (SSSR count). The highest BCUT2D eigenvalue weighted by molar-refractivity contribution is 9.10. The van der Waals surface area contributed by atoms with E-state index in [1.165, 1.54) is 6.07 Å². The van der Waals surface area contributed by atoms with Crippen molar-refractivity contribution in [3.8, 4) is 5.75 Å². The summed E-state index contributed by atoms with van der Waals surface area (Å²) in [4.78, 5) is 0. The quantitative estimate of drug-likeness (QED) is 0.629. The summed E-state index contributed by atoms with van der Waals surface area (Å²) in [6.45, 7) is 0.638. The number of rotatable bonds is 2. The minimum Gasteiger partial charge on any atom is -0.493 e. The molecule has 0 aliphatic carbocycles. The van der Waals surface area contributed by atoms with Gasteiger partial charge < -0.3 is 4.74 Å². The molecule has 0 bridgehead atoms. The molecule has 1 nitrogen and oxygen atoms in total. The Labute approximate surface area is 134 Å². The molecule has 0 spiro atoms. The van der Waals surface area contributed by atoms with E-state index in [2.05, 4.69) is 15.9 Å². The predicted molar refractivity (Wildman–Crippen MR) is 82.4 cm³/mol.